The van der Waals surface area contributed by atoms with Crippen LogP contribution >= 0.6 is 45.3 Å². The first-order valence-corrected chi connectivity index (χ1v) is 9.03. The van der Waals surface area contributed by atoms with Gasteiger partial charge >= 0.3 is 5.97 Å². The van der Waals surface area contributed by atoms with Crippen LogP contribution in [0.3, 0.4) is 0 Å². The predicted molar refractivity (Wildman–Crippen MR) is 120 cm³/mol. The molecular weight excluding hydrogens is 516 g/mol. The Morgan fingerprint density at radius 3 is 2.50 bits per heavy atom. The monoisotopic (exact) mass is 536 g/mol. The second-order valence-corrected chi connectivity index (χ2v) is 6.79. The number of anilines is 2. The SMILES string of the molecule is Br.Br.Cc1nc(N2CCNCC2)sc1C(=O)Nc1ccc(OCC(=O)O)cc1. The molecule has 3 rings (SSSR count). The molecule has 2 heterocycles. The number of nitrogens with one attached hydrogen (secondary N) is 2. The summed E-state index contributed by atoms with van der Waals surface area (Å²) < 4.78 is 5.07. The van der Waals surface area contributed by atoms with E-state index in [4.69, 9.17) is 9.84 Å². The number of benzene rings is 1. The van der Waals surface area contributed by atoms with Gasteiger partial charge in [-0.05, 0) is 31.2 Å². The molecule has 1 aromatic heterocycles. The molecule has 0 radical (unpaired) electrons. The second-order valence-electron chi connectivity index (χ2n) is 5.81. The van der Waals surface area contributed by atoms with Crippen LogP contribution in [-0.2, 0) is 4.79 Å². The van der Waals surface area contributed by atoms with Gasteiger partial charge in [0.2, 0.25) is 0 Å². The highest BCUT2D eigenvalue weighted by molar-refractivity contribution is 8.93. The van der Waals surface area contributed by atoms with Crippen LogP contribution in [0.25, 0.3) is 0 Å². The number of halogens is 2. The zero-order chi connectivity index (χ0) is 18.5. The molecule has 1 saturated heterocycles. The lowest BCUT2D eigenvalue weighted by molar-refractivity contribution is -0.139. The normalized spacial score (nSPS) is 13.1. The second kappa shape index (κ2) is 11.3. The van der Waals surface area contributed by atoms with E-state index in [9.17, 15) is 9.59 Å². The maximum atomic E-state index is 12.6. The summed E-state index contributed by atoms with van der Waals surface area (Å²) in [6.07, 6.45) is 0. The van der Waals surface area contributed by atoms with Gasteiger partial charge in [0.1, 0.15) is 10.6 Å². The molecule has 154 valence electrons. The van der Waals surface area contributed by atoms with Gasteiger partial charge in [-0.3, -0.25) is 4.79 Å². The van der Waals surface area contributed by atoms with Gasteiger partial charge in [0.05, 0.1) is 5.69 Å². The van der Waals surface area contributed by atoms with Gasteiger partial charge in [-0.2, -0.15) is 0 Å². The molecule has 1 aliphatic rings. The molecular formula is C17H22Br2N4O4S. The van der Waals surface area contributed by atoms with Gasteiger partial charge in [-0.1, -0.05) is 11.3 Å². The Labute approximate surface area is 187 Å². The van der Waals surface area contributed by atoms with Crippen LogP contribution in [0.4, 0.5) is 10.8 Å². The Morgan fingerprint density at radius 2 is 1.89 bits per heavy atom. The molecule has 3 N–H and O–H groups in total. The number of ether oxygens (including phenoxy) is 1. The lowest BCUT2D eigenvalue weighted by Crippen LogP contribution is -2.43. The number of carbonyl (C=O) groups is 2. The average Bonchev–Trinajstić information content (AvgIpc) is 3.04. The maximum Gasteiger partial charge on any atom is 0.341 e. The summed E-state index contributed by atoms with van der Waals surface area (Å²) in [6.45, 7) is 5.02. The Balaban J connectivity index is 0.00000196. The Bertz CT molecular complexity index is 795. The molecule has 0 aliphatic carbocycles. The molecule has 2 aromatic rings. The molecule has 28 heavy (non-hydrogen) atoms. The van der Waals surface area contributed by atoms with Crippen molar-refractivity contribution in [3.63, 3.8) is 0 Å². The number of rotatable bonds is 6. The number of aliphatic carboxylic acids is 1. The summed E-state index contributed by atoms with van der Waals surface area (Å²) in [5, 5.41) is 15.6. The molecule has 8 nitrogen and oxygen atoms in total. The van der Waals surface area contributed by atoms with Crippen molar-refractivity contribution in [3.05, 3.63) is 34.8 Å². The summed E-state index contributed by atoms with van der Waals surface area (Å²) in [5.41, 5.74) is 1.32. The van der Waals surface area contributed by atoms with Crippen molar-refractivity contribution in [2.75, 3.05) is 43.0 Å². The van der Waals surface area contributed by atoms with Crippen molar-refractivity contribution in [1.82, 2.24) is 10.3 Å². The highest BCUT2D eigenvalue weighted by atomic mass is 79.9. The fraction of sp³-hybridized carbons (Fsp3) is 0.353. The topological polar surface area (TPSA) is 104 Å². The summed E-state index contributed by atoms with van der Waals surface area (Å²) in [5.74, 6) is -0.815. The van der Waals surface area contributed by atoms with Crippen molar-refractivity contribution in [2.45, 2.75) is 6.92 Å². The fourth-order valence-corrected chi connectivity index (χ4v) is 3.57. The number of hydrogen-bond acceptors (Lipinski definition) is 7. The number of piperazine rings is 1. The number of amides is 1. The number of aryl methyl sites for hydroxylation is 1. The third-order valence-electron chi connectivity index (χ3n) is 3.85. The molecule has 0 unspecified atom stereocenters. The van der Waals surface area contributed by atoms with E-state index in [0.717, 1.165) is 31.3 Å². The van der Waals surface area contributed by atoms with E-state index in [1.165, 1.54) is 11.3 Å². The Hall–Kier alpha value is -1.69. The molecule has 11 heteroatoms. The number of carbonyl (C=O) groups excluding carboxylic acids is 1. The molecule has 1 fully saturated rings. The van der Waals surface area contributed by atoms with E-state index in [2.05, 4.69) is 20.5 Å². The average molecular weight is 538 g/mol. The van der Waals surface area contributed by atoms with Crippen molar-refractivity contribution in [1.29, 1.82) is 0 Å². The number of carboxylic acids is 1. The van der Waals surface area contributed by atoms with Crippen LogP contribution in [0.2, 0.25) is 0 Å². The number of hydrogen-bond donors (Lipinski definition) is 3. The van der Waals surface area contributed by atoms with Crippen LogP contribution in [-0.4, -0.2) is 54.8 Å². The number of aromatic nitrogens is 1. The molecule has 1 aromatic carbocycles. The van der Waals surface area contributed by atoms with E-state index in [0.29, 0.717) is 22.0 Å². The molecule has 0 bridgehead atoms. The minimum atomic E-state index is -1.04. The molecule has 0 atom stereocenters. The van der Waals surface area contributed by atoms with Gasteiger partial charge in [0.25, 0.3) is 5.91 Å². The van der Waals surface area contributed by atoms with Gasteiger partial charge < -0.3 is 25.4 Å². The first-order valence-electron chi connectivity index (χ1n) is 8.22. The minimum Gasteiger partial charge on any atom is -0.482 e. The standard InChI is InChI=1S/C17H20N4O4S.2BrH/c1-11-15(26-17(19-11)21-8-6-18-7-9-21)16(24)20-12-2-4-13(5-3-12)25-10-14(22)23;;/h2-5,18H,6-10H2,1H3,(H,20,24)(H,22,23);2*1H. The largest absolute Gasteiger partial charge is 0.482 e. The van der Waals surface area contributed by atoms with E-state index < -0.39 is 12.6 Å². The van der Waals surface area contributed by atoms with Crippen LogP contribution in [0.15, 0.2) is 24.3 Å². The van der Waals surface area contributed by atoms with E-state index >= 15 is 0 Å². The van der Waals surface area contributed by atoms with Crippen molar-refractivity contribution in [2.24, 2.45) is 0 Å². The number of thiazole rings is 1. The summed E-state index contributed by atoms with van der Waals surface area (Å²) in [7, 11) is 0. The smallest absolute Gasteiger partial charge is 0.341 e. The minimum absolute atomic E-state index is 0. The highest BCUT2D eigenvalue weighted by Crippen LogP contribution is 2.27. The van der Waals surface area contributed by atoms with Crippen molar-refractivity contribution in [3.8, 4) is 5.75 Å². The van der Waals surface area contributed by atoms with Gasteiger partial charge in [0, 0.05) is 31.9 Å². The Kier molecular flexibility index (Phi) is 9.87. The number of nitrogens with zero attached hydrogens (tertiary/aromatic N) is 2. The van der Waals surface area contributed by atoms with Crippen molar-refractivity contribution < 1.29 is 19.4 Å². The van der Waals surface area contributed by atoms with Crippen LogP contribution < -0.4 is 20.3 Å². The fourth-order valence-electron chi connectivity index (χ4n) is 2.55. The third kappa shape index (κ3) is 6.43. The lowest BCUT2D eigenvalue weighted by Gasteiger charge is -2.26. The highest BCUT2D eigenvalue weighted by Gasteiger charge is 2.20. The molecule has 0 saturated carbocycles. The lowest BCUT2D eigenvalue weighted by atomic mass is 10.3. The van der Waals surface area contributed by atoms with Gasteiger partial charge in [-0.15, -0.1) is 34.0 Å². The van der Waals surface area contributed by atoms with Crippen LogP contribution in [0.1, 0.15) is 15.4 Å². The predicted octanol–water partition coefficient (Wildman–Crippen LogP) is 2.73. The quantitative estimate of drug-likeness (QED) is 0.520. The third-order valence-corrected chi connectivity index (χ3v) is 5.07. The van der Waals surface area contributed by atoms with Crippen LogP contribution in [0, 0.1) is 6.92 Å². The van der Waals surface area contributed by atoms with Gasteiger partial charge in [0.15, 0.2) is 11.7 Å². The van der Waals surface area contributed by atoms with Gasteiger partial charge in [-0.25, -0.2) is 9.78 Å². The zero-order valence-corrected chi connectivity index (χ0v) is 19.4. The van der Waals surface area contributed by atoms with Crippen molar-refractivity contribution >= 4 is 68.0 Å². The molecule has 1 aliphatic heterocycles. The maximum absolute atomic E-state index is 12.6. The summed E-state index contributed by atoms with van der Waals surface area (Å²) in [4.78, 5) is 30.3. The first kappa shape index (κ1) is 24.3. The molecule has 0 spiro atoms. The first-order chi connectivity index (χ1) is 12.5. The van der Waals surface area contributed by atoms with E-state index in [1.54, 1.807) is 24.3 Å². The summed E-state index contributed by atoms with van der Waals surface area (Å²) >= 11 is 1.39. The summed E-state index contributed by atoms with van der Waals surface area (Å²) in [6, 6.07) is 6.57. The molecule has 1 amide bonds. The van der Waals surface area contributed by atoms with E-state index in [1.807, 2.05) is 6.92 Å². The van der Waals surface area contributed by atoms with Crippen LogP contribution in [0.5, 0.6) is 5.75 Å². The zero-order valence-electron chi connectivity index (χ0n) is 15.1. The number of carboxylic acid groups (broad SMARTS) is 1. The van der Waals surface area contributed by atoms with E-state index in [-0.39, 0.29) is 39.9 Å². The Morgan fingerprint density at radius 1 is 1.25 bits per heavy atom.